The number of para-hydroxylation sites is 1. The molecule has 0 spiro atoms. The zero-order valence-corrected chi connectivity index (χ0v) is 18.4. The van der Waals surface area contributed by atoms with E-state index in [2.05, 4.69) is 20.8 Å². The van der Waals surface area contributed by atoms with Crippen LogP contribution < -0.4 is 4.90 Å². The molecule has 5 heteroatoms. The molecule has 4 nitrogen and oxygen atoms in total. The van der Waals surface area contributed by atoms with Crippen LogP contribution in [0.15, 0.2) is 72.8 Å². The van der Waals surface area contributed by atoms with Gasteiger partial charge in [-0.1, -0.05) is 75.4 Å². The van der Waals surface area contributed by atoms with Crippen molar-refractivity contribution in [1.29, 1.82) is 0 Å². The second-order valence-electron chi connectivity index (χ2n) is 9.33. The Labute approximate surface area is 187 Å². The zero-order valence-electron chi connectivity index (χ0n) is 18.4. The van der Waals surface area contributed by atoms with Gasteiger partial charge in [-0.2, -0.15) is 0 Å². The molecular formula is C27H26FNO3. The lowest BCUT2D eigenvalue weighted by molar-refractivity contribution is -0.136. The van der Waals surface area contributed by atoms with E-state index in [4.69, 9.17) is 0 Å². The van der Waals surface area contributed by atoms with Gasteiger partial charge in [-0.15, -0.1) is 0 Å². The van der Waals surface area contributed by atoms with Gasteiger partial charge >= 0.3 is 0 Å². The highest BCUT2D eigenvalue weighted by molar-refractivity contribution is 6.10. The number of nitrogens with zero attached hydrogens (tertiary/aromatic N) is 1. The van der Waals surface area contributed by atoms with Gasteiger partial charge in [0, 0.05) is 11.1 Å². The normalized spacial score (nSPS) is 18.0. The van der Waals surface area contributed by atoms with Crippen molar-refractivity contribution >= 4 is 17.4 Å². The van der Waals surface area contributed by atoms with Gasteiger partial charge in [-0.3, -0.25) is 9.59 Å². The second-order valence-corrected chi connectivity index (χ2v) is 9.33. The Hall–Kier alpha value is -3.31. The molecule has 1 aliphatic rings. The van der Waals surface area contributed by atoms with Crippen LogP contribution in [0.5, 0.6) is 0 Å². The summed E-state index contributed by atoms with van der Waals surface area (Å²) in [5.41, 5.74) is 1.04. The summed E-state index contributed by atoms with van der Waals surface area (Å²) < 4.78 is 13.7. The quantitative estimate of drug-likeness (QED) is 0.570. The van der Waals surface area contributed by atoms with Crippen LogP contribution in [0.25, 0.3) is 0 Å². The fourth-order valence-electron chi connectivity index (χ4n) is 4.14. The van der Waals surface area contributed by atoms with E-state index in [0.29, 0.717) is 22.4 Å². The number of aliphatic hydroxyl groups is 1. The summed E-state index contributed by atoms with van der Waals surface area (Å²) >= 11 is 0. The maximum absolute atomic E-state index is 13.7. The number of carbonyl (C=O) groups excluding carboxylic acids is 2. The van der Waals surface area contributed by atoms with Gasteiger partial charge in [-0.25, -0.2) is 4.39 Å². The second kappa shape index (κ2) is 7.99. The monoisotopic (exact) mass is 431 g/mol. The van der Waals surface area contributed by atoms with E-state index >= 15 is 0 Å². The van der Waals surface area contributed by atoms with Gasteiger partial charge in [0.05, 0.1) is 18.7 Å². The fraction of sp³-hybridized carbons (Fsp3) is 0.259. The predicted octanol–water partition coefficient (Wildman–Crippen LogP) is 5.13. The van der Waals surface area contributed by atoms with Gasteiger partial charge in [-0.05, 0) is 34.7 Å². The smallest absolute Gasteiger partial charge is 0.264 e. The summed E-state index contributed by atoms with van der Waals surface area (Å²) in [6.45, 7) is 6.37. The average Bonchev–Trinajstić information content (AvgIpc) is 2.95. The Morgan fingerprint density at radius 3 is 2.34 bits per heavy atom. The van der Waals surface area contributed by atoms with Gasteiger partial charge < -0.3 is 10.0 Å². The van der Waals surface area contributed by atoms with Crippen molar-refractivity contribution in [3.05, 3.63) is 101 Å². The molecule has 164 valence electrons. The van der Waals surface area contributed by atoms with Gasteiger partial charge in [0.1, 0.15) is 5.82 Å². The summed E-state index contributed by atoms with van der Waals surface area (Å²) in [5, 5.41) is 11.4. The summed E-state index contributed by atoms with van der Waals surface area (Å²) in [4.78, 5) is 27.8. The first-order valence-electron chi connectivity index (χ1n) is 10.6. The SMILES string of the molecule is CC(C)(C)c1ccc(C(=O)C[C@]2(O)C(=O)N(Cc3cccc(F)c3)c3ccccc32)cc1. The Bertz CT molecular complexity index is 1180. The number of fused-ring (bicyclic) bond motifs is 1. The minimum absolute atomic E-state index is 0.0441. The minimum Gasteiger partial charge on any atom is -0.375 e. The van der Waals surface area contributed by atoms with Crippen LogP contribution in [0.3, 0.4) is 0 Å². The number of anilines is 1. The van der Waals surface area contributed by atoms with Crippen LogP contribution in [0.4, 0.5) is 10.1 Å². The maximum atomic E-state index is 13.7. The number of carbonyl (C=O) groups is 2. The minimum atomic E-state index is -1.97. The lowest BCUT2D eigenvalue weighted by Gasteiger charge is -2.23. The third kappa shape index (κ3) is 3.96. The van der Waals surface area contributed by atoms with Crippen molar-refractivity contribution in [2.24, 2.45) is 0 Å². The lowest BCUT2D eigenvalue weighted by Crippen LogP contribution is -2.41. The molecule has 0 radical (unpaired) electrons. The van der Waals surface area contributed by atoms with Gasteiger partial charge in [0.25, 0.3) is 5.91 Å². The van der Waals surface area contributed by atoms with Crippen LogP contribution in [-0.2, 0) is 22.4 Å². The molecule has 0 saturated heterocycles. The molecule has 1 amide bonds. The molecule has 0 aliphatic carbocycles. The highest BCUT2D eigenvalue weighted by Crippen LogP contribution is 2.43. The number of rotatable bonds is 5. The molecule has 1 atom stereocenters. The third-order valence-electron chi connectivity index (χ3n) is 5.96. The van der Waals surface area contributed by atoms with Gasteiger partial charge in [0.15, 0.2) is 11.4 Å². The molecule has 1 N–H and O–H groups in total. The largest absolute Gasteiger partial charge is 0.375 e. The predicted molar refractivity (Wildman–Crippen MR) is 122 cm³/mol. The molecule has 4 rings (SSSR count). The van der Waals surface area contributed by atoms with E-state index in [0.717, 1.165) is 5.56 Å². The Morgan fingerprint density at radius 2 is 1.69 bits per heavy atom. The lowest BCUT2D eigenvalue weighted by atomic mass is 9.85. The number of amides is 1. The highest BCUT2D eigenvalue weighted by Gasteiger charge is 2.50. The number of Topliss-reactive ketones (excluding diaryl/α,β-unsaturated/α-hetero) is 1. The first kappa shape index (κ1) is 21.9. The number of hydrogen-bond donors (Lipinski definition) is 1. The molecule has 1 heterocycles. The van der Waals surface area contributed by atoms with Crippen LogP contribution in [0.2, 0.25) is 0 Å². The van der Waals surface area contributed by atoms with Crippen molar-refractivity contribution in [2.75, 3.05) is 4.90 Å². The molecule has 3 aromatic carbocycles. The third-order valence-corrected chi connectivity index (χ3v) is 5.96. The first-order valence-corrected chi connectivity index (χ1v) is 10.6. The van der Waals surface area contributed by atoms with Crippen LogP contribution in [0.1, 0.15) is 54.2 Å². The number of benzene rings is 3. The Morgan fingerprint density at radius 1 is 1.00 bits per heavy atom. The molecule has 0 saturated carbocycles. The van der Waals surface area contributed by atoms with Crippen molar-refractivity contribution in [1.82, 2.24) is 0 Å². The summed E-state index contributed by atoms with van der Waals surface area (Å²) in [6.07, 6.45) is -0.364. The molecule has 0 aromatic heterocycles. The fourth-order valence-corrected chi connectivity index (χ4v) is 4.14. The van der Waals surface area contributed by atoms with E-state index in [-0.39, 0.29) is 24.2 Å². The molecule has 1 aliphatic heterocycles. The van der Waals surface area contributed by atoms with Crippen molar-refractivity contribution in [3.63, 3.8) is 0 Å². The van der Waals surface area contributed by atoms with Crippen molar-refractivity contribution in [3.8, 4) is 0 Å². The molecule has 0 fully saturated rings. The standard InChI is InChI=1S/C27H26FNO3/c1-26(2,3)20-13-11-19(12-14-20)24(30)16-27(32)22-9-4-5-10-23(22)29(25(27)31)17-18-7-6-8-21(28)15-18/h4-15,32H,16-17H2,1-3H3/t27-/m1/s1. The Balaban J connectivity index is 1.63. The molecule has 0 bridgehead atoms. The molecule has 32 heavy (non-hydrogen) atoms. The highest BCUT2D eigenvalue weighted by atomic mass is 19.1. The Kier molecular flexibility index (Phi) is 5.47. The van der Waals surface area contributed by atoms with E-state index in [1.54, 1.807) is 48.5 Å². The number of halogens is 1. The van der Waals surface area contributed by atoms with E-state index in [1.807, 2.05) is 12.1 Å². The van der Waals surface area contributed by atoms with Crippen molar-refractivity contribution in [2.45, 2.75) is 44.8 Å². The molecule has 0 unspecified atom stereocenters. The number of hydrogen-bond acceptors (Lipinski definition) is 3. The first-order chi connectivity index (χ1) is 15.1. The molecule has 3 aromatic rings. The summed E-state index contributed by atoms with van der Waals surface area (Å²) in [6, 6.07) is 20.2. The van der Waals surface area contributed by atoms with Gasteiger partial charge in [0.2, 0.25) is 0 Å². The maximum Gasteiger partial charge on any atom is 0.264 e. The van der Waals surface area contributed by atoms with E-state index < -0.39 is 17.3 Å². The topological polar surface area (TPSA) is 57.6 Å². The number of ketones is 1. The van der Waals surface area contributed by atoms with Crippen LogP contribution in [-0.4, -0.2) is 16.8 Å². The molecular weight excluding hydrogens is 405 g/mol. The zero-order chi connectivity index (χ0) is 23.1. The summed E-state index contributed by atoms with van der Waals surface area (Å²) in [5.74, 6) is -1.29. The van der Waals surface area contributed by atoms with E-state index in [1.165, 1.54) is 17.0 Å². The van der Waals surface area contributed by atoms with Crippen molar-refractivity contribution < 1.29 is 19.1 Å². The average molecular weight is 432 g/mol. The van der Waals surface area contributed by atoms with Crippen LogP contribution >= 0.6 is 0 Å². The van der Waals surface area contributed by atoms with Crippen LogP contribution in [0, 0.1) is 5.82 Å². The summed E-state index contributed by atoms with van der Waals surface area (Å²) in [7, 11) is 0. The van der Waals surface area contributed by atoms with E-state index in [9.17, 15) is 19.1 Å².